The van der Waals surface area contributed by atoms with Crippen molar-refractivity contribution in [3.05, 3.63) is 76.4 Å². The Hall–Kier alpha value is -2.92. The lowest BCUT2D eigenvalue weighted by Crippen LogP contribution is -2.31. The highest BCUT2D eigenvalue weighted by molar-refractivity contribution is 6.31. The monoisotopic (exact) mass is 382 g/mol. The number of esters is 1. The summed E-state index contributed by atoms with van der Waals surface area (Å²) >= 11 is 6.14. The molecule has 0 aliphatic rings. The van der Waals surface area contributed by atoms with Gasteiger partial charge < -0.3 is 10.1 Å². The van der Waals surface area contributed by atoms with Gasteiger partial charge in [-0.2, -0.15) is 0 Å². The largest absolute Gasteiger partial charge is 0.452 e. The number of hydrogen-bond donors (Lipinski definition) is 1. The number of aryl methyl sites for hydroxylation is 1. The third kappa shape index (κ3) is 4.44. The highest BCUT2D eigenvalue weighted by atomic mass is 35.5. The van der Waals surface area contributed by atoms with E-state index in [0.29, 0.717) is 27.2 Å². The average molecular weight is 383 g/mol. The van der Waals surface area contributed by atoms with Crippen LogP contribution < -0.4 is 5.32 Å². The quantitative estimate of drug-likeness (QED) is 0.670. The van der Waals surface area contributed by atoms with E-state index in [1.807, 2.05) is 43.3 Å². The SMILES string of the molecule is Cc1cc(C(=O)OCC(=O)N[C@H](C)c2ccccc2Cl)c2ccccc2n1. The standard InChI is InChI=1S/C21H19ClN2O3/c1-13-11-17(16-8-4-6-10-19(16)23-13)21(26)27-12-20(25)24-14(2)15-7-3-5-9-18(15)22/h3-11,14H,12H2,1-2H3,(H,24,25)/t14-/m1/s1. The molecule has 0 fully saturated rings. The van der Waals surface area contributed by atoms with Crippen LogP contribution >= 0.6 is 11.6 Å². The molecule has 1 amide bonds. The highest BCUT2D eigenvalue weighted by Gasteiger charge is 2.17. The molecule has 0 aliphatic heterocycles. The molecule has 138 valence electrons. The van der Waals surface area contributed by atoms with E-state index >= 15 is 0 Å². The minimum atomic E-state index is -0.558. The number of hydrogen-bond acceptors (Lipinski definition) is 4. The first kappa shape index (κ1) is 18.9. The van der Waals surface area contributed by atoms with Crippen LogP contribution in [0.1, 0.15) is 34.6 Å². The zero-order valence-electron chi connectivity index (χ0n) is 15.0. The number of rotatable bonds is 5. The fourth-order valence-electron chi connectivity index (χ4n) is 2.87. The number of carbonyl (C=O) groups excluding carboxylic acids is 2. The molecule has 3 rings (SSSR count). The molecule has 1 heterocycles. The lowest BCUT2D eigenvalue weighted by Gasteiger charge is -2.16. The molecule has 1 N–H and O–H groups in total. The van der Waals surface area contributed by atoms with E-state index in [-0.39, 0.29) is 12.6 Å². The summed E-state index contributed by atoms with van der Waals surface area (Å²) in [6.45, 7) is 3.26. The summed E-state index contributed by atoms with van der Waals surface area (Å²) in [6.07, 6.45) is 0. The Morgan fingerprint density at radius 1 is 1.15 bits per heavy atom. The number of carbonyl (C=O) groups is 2. The topological polar surface area (TPSA) is 68.3 Å². The van der Waals surface area contributed by atoms with Gasteiger partial charge in [0.1, 0.15) is 0 Å². The molecule has 6 heteroatoms. The van der Waals surface area contributed by atoms with Gasteiger partial charge >= 0.3 is 5.97 Å². The van der Waals surface area contributed by atoms with E-state index in [2.05, 4.69) is 10.3 Å². The Labute approximate surface area is 162 Å². The van der Waals surface area contributed by atoms with E-state index in [0.717, 1.165) is 5.56 Å². The average Bonchev–Trinajstić information content (AvgIpc) is 2.65. The van der Waals surface area contributed by atoms with E-state index in [1.54, 1.807) is 25.1 Å². The van der Waals surface area contributed by atoms with Gasteiger partial charge in [-0.3, -0.25) is 9.78 Å². The van der Waals surface area contributed by atoms with Crippen LogP contribution in [0.15, 0.2) is 54.6 Å². The predicted molar refractivity (Wildman–Crippen MR) is 105 cm³/mol. The molecule has 0 aliphatic carbocycles. The van der Waals surface area contributed by atoms with Gasteiger partial charge in [0, 0.05) is 16.1 Å². The molecule has 5 nitrogen and oxygen atoms in total. The summed E-state index contributed by atoms with van der Waals surface area (Å²) in [5.41, 5.74) is 2.61. The predicted octanol–water partition coefficient (Wildman–Crippen LogP) is 4.23. The van der Waals surface area contributed by atoms with Gasteiger partial charge in [0.25, 0.3) is 5.91 Å². The van der Waals surface area contributed by atoms with E-state index in [1.165, 1.54) is 0 Å². The molecule has 0 spiro atoms. The Balaban J connectivity index is 1.66. The molecule has 2 aromatic carbocycles. The highest BCUT2D eigenvalue weighted by Crippen LogP contribution is 2.22. The summed E-state index contributed by atoms with van der Waals surface area (Å²) < 4.78 is 5.21. The number of amides is 1. The number of ether oxygens (including phenoxy) is 1. The number of pyridine rings is 1. The van der Waals surface area contributed by atoms with Gasteiger partial charge in [0.15, 0.2) is 6.61 Å². The molecular weight excluding hydrogens is 364 g/mol. The first-order chi connectivity index (χ1) is 13.0. The maximum atomic E-state index is 12.5. The van der Waals surface area contributed by atoms with E-state index in [9.17, 15) is 9.59 Å². The fraction of sp³-hybridized carbons (Fsp3) is 0.190. The number of benzene rings is 2. The molecule has 1 atom stereocenters. The summed E-state index contributed by atoms with van der Waals surface area (Å²) in [4.78, 5) is 29.0. The Kier molecular flexibility index (Phi) is 5.72. The fourth-order valence-corrected chi connectivity index (χ4v) is 3.17. The van der Waals surface area contributed by atoms with Crippen molar-refractivity contribution in [1.82, 2.24) is 10.3 Å². The minimum Gasteiger partial charge on any atom is -0.452 e. The summed E-state index contributed by atoms with van der Waals surface area (Å²) in [6, 6.07) is 15.9. The number of nitrogens with one attached hydrogen (secondary N) is 1. The van der Waals surface area contributed by atoms with Crippen LogP contribution in [-0.2, 0) is 9.53 Å². The van der Waals surface area contributed by atoms with Gasteiger partial charge in [-0.05, 0) is 37.6 Å². The number of halogens is 1. The van der Waals surface area contributed by atoms with E-state index < -0.39 is 11.9 Å². The lowest BCUT2D eigenvalue weighted by molar-refractivity contribution is -0.124. The summed E-state index contributed by atoms with van der Waals surface area (Å²) in [5, 5.41) is 4.04. The van der Waals surface area contributed by atoms with Crippen molar-refractivity contribution in [1.29, 1.82) is 0 Å². The maximum Gasteiger partial charge on any atom is 0.339 e. The Bertz CT molecular complexity index is 1000. The molecule has 27 heavy (non-hydrogen) atoms. The van der Waals surface area contributed by atoms with Gasteiger partial charge in [-0.15, -0.1) is 0 Å². The molecular formula is C21H19ClN2O3. The maximum absolute atomic E-state index is 12.5. The summed E-state index contributed by atoms with van der Waals surface area (Å²) in [5.74, 6) is -0.955. The number of fused-ring (bicyclic) bond motifs is 1. The Morgan fingerprint density at radius 3 is 2.63 bits per heavy atom. The van der Waals surface area contributed by atoms with Crippen molar-refractivity contribution < 1.29 is 14.3 Å². The van der Waals surface area contributed by atoms with Crippen molar-refractivity contribution in [3.8, 4) is 0 Å². The van der Waals surface area contributed by atoms with Gasteiger partial charge in [-0.25, -0.2) is 4.79 Å². The molecule has 0 unspecified atom stereocenters. The second-order valence-corrected chi connectivity index (χ2v) is 6.62. The zero-order chi connectivity index (χ0) is 19.4. The van der Waals surface area contributed by atoms with Crippen LogP contribution in [0.4, 0.5) is 0 Å². The molecule has 0 bridgehead atoms. The number of aromatic nitrogens is 1. The Morgan fingerprint density at radius 2 is 1.85 bits per heavy atom. The van der Waals surface area contributed by atoms with Crippen LogP contribution in [-0.4, -0.2) is 23.5 Å². The van der Waals surface area contributed by atoms with Gasteiger partial charge in [-0.1, -0.05) is 48.0 Å². The lowest BCUT2D eigenvalue weighted by atomic mass is 10.1. The van der Waals surface area contributed by atoms with Crippen molar-refractivity contribution in [2.24, 2.45) is 0 Å². The van der Waals surface area contributed by atoms with Crippen molar-refractivity contribution in [2.45, 2.75) is 19.9 Å². The third-order valence-electron chi connectivity index (χ3n) is 4.15. The zero-order valence-corrected chi connectivity index (χ0v) is 15.8. The third-order valence-corrected chi connectivity index (χ3v) is 4.49. The normalized spacial score (nSPS) is 11.8. The second kappa shape index (κ2) is 8.18. The van der Waals surface area contributed by atoms with Crippen LogP contribution in [0.3, 0.4) is 0 Å². The van der Waals surface area contributed by atoms with Crippen LogP contribution in [0, 0.1) is 6.92 Å². The molecule has 3 aromatic rings. The number of para-hydroxylation sites is 1. The first-order valence-electron chi connectivity index (χ1n) is 8.53. The first-order valence-corrected chi connectivity index (χ1v) is 8.91. The number of nitrogens with zero attached hydrogens (tertiary/aromatic N) is 1. The van der Waals surface area contributed by atoms with Crippen LogP contribution in [0.2, 0.25) is 5.02 Å². The smallest absolute Gasteiger partial charge is 0.339 e. The van der Waals surface area contributed by atoms with Gasteiger partial charge in [0.2, 0.25) is 0 Å². The molecule has 1 aromatic heterocycles. The molecule has 0 radical (unpaired) electrons. The molecule has 0 saturated heterocycles. The summed E-state index contributed by atoms with van der Waals surface area (Å²) in [7, 11) is 0. The minimum absolute atomic E-state index is 0.297. The molecule has 0 saturated carbocycles. The second-order valence-electron chi connectivity index (χ2n) is 6.22. The van der Waals surface area contributed by atoms with Crippen LogP contribution in [0.25, 0.3) is 10.9 Å². The van der Waals surface area contributed by atoms with E-state index in [4.69, 9.17) is 16.3 Å². The van der Waals surface area contributed by atoms with Gasteiger partial charge in [0.05, 0.1) is 17.1 Å². The van der Waals surface area contributed by atoms with Crippen molar-refractivity contribution in [3.63, 3.8) is 0 Å². The van der Waals surface area contributed by atoms with Crippen LogP contribution in [0.5, 0.6) is 0 Å². The van der Waals surface area contributed by atoms with Crippen molar-refractivity contribution >= 4 is 34.4 Å². The van der Waals surface area contributed by atoms with Crippen molar-refractivity contribution in [2.75, 3.05) is 6.61 Å².